The lowest BCUT2D eigenvalue weighted by atomic mass is 10.4. The van der Waals surface area contributed by atoms with Crippen LogP contribution in [0.3, 0.4) is 0 Å². The third-order valence-electron chi connectivity index (χ3n) is 2.40. The normalized spacial score (nSPS) is 11.1. The number of anilines is 2. The lowest BCUT2D eigenvalue weighted by molar-refractivity contribution is 0.600. The fraction of sp³-hybridized carbons (Fsp3) is 0.250. The van der Waals surface area contributed by atoms with Crippen LogP contribution in [0.2, 0.25) is 0 Å². The van der Waals surface area contributed by atoms with Gasteiger partial charge in [0.25, 0.3) is 10.0 Å². The molecule has 0 amide bonds. The first-order valence-electron chi connectivity index (χ1n) is 6.10. The lowest BCUT2D eigenvalue weighted by Crippen LogP contribution is -2.14. The molecule has 0 unspecified atom stereocenters. The van der Waals surface area contributed by atoms with Crippen molar-refractivity contribution in [1.29, 1.82) is 0 Å². The van der Waals surface area contributed by atoms with E-state index in [0.717, 1.165) is 13.0 Å². The van der Waals surface area contributed by atoms with Gasteiger partial charge in [-0.2, -0.15) is 0 Å². The summed E-state index contributed by atoms with van der Waals surface area (Å²) in [6, 6.07) is 3.12. The molecular weight excluding hydrogens is 278 g/mol. The maximum absolute atomic E-state index is 12.1. The molecule has 2 aromatic rings. The Labute approximate surface area is 117 Å². The van der Waals surface area contributed by atoms with E-state index in [4.69, 9.17) is 0 Å². The van der Waals surface area contributed by atoms with E-state index < -0.39 is 10.0 Å². The number of nitrogens with zero attached hydrogens (tertiary/aromatic N) is 3. The quantitative estimate of drug-likeness (QED) is 0.837. The second-order valence-electron chi connectivity index (χ2n) is 4.00. The summed E-state index contributed by atoms with van der Waals surface area (Å²) in [6.07, 6.45) is 6.48. The molecule has 0 bridgehead atoms. The Hall–Kier alpha value is -2.22. The van der Waals surface area contributed by atoms with Gasteiger partial charge >= 0.3 is 0 Å². The van der Waals surface area contributed by atoms with Crippen LogP contribution >= 0.6 is 0 Å². The van der Waals surface area contributed by atoms with E-state index in [0.29, 0.717) is 5.82 Å². The van der Waals surface area contributed by atoms with E-state index in [2.05, 4.69) is 25.0 Å². The van der Waals surface area contributed by atoms with Crippen molar-refractivity contribution < 1.29 is 8.42 Å². The molecule has 0 spiro atoms. The SMILES string of the molecule is CCCNc1ccc(S(=O)(=O)Nc2cnccn2)cn1. The van der Waals surface area contributed by atoms with Crippen LogP contribution in [0.25, 0.3) is 0 Å². The molecule has 7 nitrogen and oxygen atoms in total. The topological polar surface area (TPSA) is 96.9 Å². The highest BCUT2D eigenvalue weighted by molar-refractivity contribution is 7.92. The van der Waals surface area contributed by atoms with E-state index in [1.54, 1.807) is 6.07 Å². The summed E-state index contributed by atoms with van der Waals surface area (Å²) in [4.78, 5) is 11.8. The van der Waals surface area contributed by atoms with Crippen molar-refractivity contribution >= 4 is 21.7 Å². The molecule has 2 heterocycles. The van der Waals surface area contributed by atoms with Gasteiger partial charge in [0.1, 0.15) is 10.7 Å². The number of hydrogen-bond acceptors (Lipinski definition) is 6. The number of rotatable bonds is 6. The zero-order valence-corrected chi connectivity index (χ0v) is 11.8. The molecule has 0 saturated carbocycles. The zero-order valence-electron chi connectivity index (χ0n) is 10.9. The third kappa shape index (κ3) is 3.64. The highest BCUT2D eigenvalue weighted by Gasteiger charge is 2.15. The monoisotopic (exact) mass is 293 g/mol. The van der Waals surface area contributed by atoms with Crippen LogP contribution < -0.4 is 10.0 Å². The highest BCUT2D eigenvalue weighted by Crippen LogP contribution is 2.14. The van der Waals surface area contributed by atoms with E-state index in [9.17, 15) is 8.42 Å². The molecule has 0 radical (unpaired) electrons. The van der Waals surface area contributed by atoms with Crippen molar-refractivity contribution in [1.82, 2.24) is 15.0 Å². The zero-order chi connectivity index (χ0) is 14.4. The average Bonchev–Trinajstić information content (AvgIpc) is 2.46. The molecule has 2 N–H and O–H groups in total. The fourth-order valence-electron chi connectivity index (χ4n) is 1.45. The minimum absolute atomic E-state index is 0.0743. The van der Waals surface area contributed by atoms with Gasteiger partial charge in [0, 0.05) is 25.1 Å². The standard InChI is InChI=1S/C12H15N5O2S/c1-2-5-14-11-4-3-10(8-16-11)20(18,19)17-12-9-13-6-7-15-12/h3-4,6-9H,2,5H2,1H3,(H,14,16)(H,15,17). The van der Waals surface area contributed by atoms with E-state index in [1.807, 2.05) is 6.92 Å². The molecule has 106 valence electrons. The average molecular weight is 293 g/mol. The molecule has 0 aliphatic heterocycles. The third-order valence-corrected chi connectivity index (χ3v) is 3.74. The smallest absolute Gasteiger partial charge is 0.264 e. The minimum Gasteiger partial charge on any atom is -0.370 e. The van der Waals surface area contributed by atoms with Crippen molar-refractivity contribution in [2.45, 2.75) is 18.2 Å². The fourth-order valence-corrected chi connectivity index (χ4v) is 2.38. The Morgan fingerprint density at radius 1 is 1.10 bits per heavy atom. The predicted octanol–water partition coefficient (Wildman–Crippen LogP) is 1.49. The second kappa shape index (κ2) is 6.29. The number of sulfonamides is 1. The van der Waals surface area contributed by atoms with Gasteiger partial charge in [-0.1, -0.05) is 6.92 Å². The van der Waals surface area contributed by atoms with E-state index in [1.165, 1.54) is 30.9 Å². The van der Waals surface area contributed by atoms with Gasteiger partial charge in [0.05, 0.1) is 6.20 Å². The van der Waals surface area contributed by atoms with Crippen molar-refractivity contribution in [2.75, 3.05) is 16.6 Å². The minimum atomic E-state index is -3.69. The van der Waals surface area contributed by atoms with Crippen molar-refractivity contribution in [2.24, 2.45) is 0 Å². The Morgan fingerprint density at radius 2 is 1.95 bits per heavy atom. The Kier molecular flexibility index (Phi) is 4.46. The van der Waals surface area contributed by atoms with Gasteiger partial charge in [0.2, 0.25) is 0 Å². The van der Waals surface area contributed by atoms with Crippen molar-refractivity contribution in [3.8, 4) is 0 Å². The van der Waals surface area contributed by atoms with Crippen LogP contribution in [0.15, 0.2) is 41.8 Å². The molecule has 2 aromatic heterocycles. The van der Waals surface area contributed by atoms with Crippen molar-refractivity contribution in [3.63, 3.8) is 0 Å². The molecule has 0 aliphatic rings. The first-order valence-corrected chi connectivity index (χ1v) is 7.59. The van der Waals surface area contributed by atoms with Crippen LogP contribution in [-0.4, -0.2) is 29.9 Å². The second-order valence-corrected chi connectivity index (χ2v) is 5.68. The van der Waals surface area contributed by atoms with Crippen LogP contribution in [0.4, 0.5) is 11.6 Å². The molecule has 0 fully saturated rings. The number of nitrogens with one attached hydrogen (secondary N) is 2. The van der Waals surface area contributed by atoms with Crippen LogP contribution in [0.1, 0.15) is 13.3 Å². The van der Waals surface area contributed by atoms with Crippen LogP contribution in [-0.2, 0) is 10.0 Å². The van der Waals surface area contributed by atoms with Gasteiger partial charge < -0.3 is 5.32 Å². The van der Waals surface area contributed by atoms with Crippen molar-refractivity contribution in [3.05, 3.63) is 36.9 Å². The highest BCUT2D eigenvalue weighted by atomic mass is 32.2. The predicted molar refractivity (Wildman–Crippen MR) is 75.9 cm³/mol. The van der Waals surface area contributed by atoms with E-state index >= 15 is 0 Å². The van der Waals surface area contributed by atoms with Crippen LogP contribution in [0, 0.1) is 0 Å². The molecule has 0 saturated heterocycles. The number of aromatic nitrogens is 3. The van der Waals surface area contributed by atoms with Crippen LogP contribution in [0.5, 0.6) is 0 Å². The summed E-state index contributed by atoms with van der Waals surface area (Å²) >= 11 is 0. The molecule has 0 aromatic carbocycles. The summed E-state index contributed by atoms with van der Waals surface area (Å²) in [6.45, 7) is 2.83. The van der Waals surface area contributed by atoms with Gasteiger partial charge in [-0.25, -0.2) is 18.4 Å². The molecule has 0 aliphatic carbocycles. The lowest BCUT2D eigenvalue weighted by Gasteiger charge is -2.07. The molecule has 0 atom stereocenters. The maximum atomic E-state index is 12.1. The Morgan fingerprint density at radius 3 is 2.55 bits per heavy atom. The summed E-state index contributed by atoms with van der Waals surface area (Å²) in [5.74, 6) is 0.811. The van der Waals surface area contributed by atoms with Gasteiger partial charge in [-0.3, -0.25) is 9.71 Å². The summed E-state index contributed by atoms with van der Waals surface area (Å²) in [7, 11) is -3.69. The summed E-state index contributed by atoms with van der Waals surface area (Å²) < 4.78 is 26.5. The maximum Gasteiger partial charge on any atom is 0.264 e. The Balaban J connectivity index is 2.13. The Bertz CT molecular complexity index is 643. The molecule has 8 heteroatoms. The van der Waals surface area contributed by atoms with Gasteiger partial charge in [0.15, 0.2) is 5.82 Å². The first kappa shape index (κ1) is 14.2. The largest absolute Gasteiger partial charge is 0.370 e. The number of pyridine rings is 1. The first-order chi connectivity index (χ1) is 9.62. The van der Waals surface area contributed by atoms with Gasteiger partial charge in [-0.05, 0) is 18.6 Å². The molecule has 2 rings (SSSR count). The summed E-state index contributed by atoms with van der Waals surface area (Å²) in [5.41, 5.74) is 0. The van der Waals surface area contributed by atoms with Gasteiger partial charge in [-0.15, -0.1) is 0 Å². The van der Waals surface area contributed by atoms with E-state index in [-0.39, 0.29) is 10.7 Å². The molecule has 20 heavy (non-hydrogen) atoms. The molecular formula is C12H15N5O2S. The summed E-state index contributed by atoms with van der Waals surface area (Å²) in [5, 5.41) is 3.07. The number of hydrogen-bond donors (Lipinski definition) is 2.